The minimum absolute atomic E-state index is 0.0711. The summed E-state index contributed by atoms with van der Waals surface area (Å²) in [5, 5.41) is 22.8. The van der Waals surface area contributed by atoms with E-state index in [2.05, 4.69) is 20.6 Å². The predicted octanol–water partition coefficient (Wildman–Crippen LogP) is 0.144. The number of hydrogen-bond donors (Lipinski definition) is 6. The van der Waals surface area contributed by atoms with E-state index in [1.165, 1.54) is 12.1 Å². The van der Waals surface area contributed by atoms with Gasteiger partial charge in [0.05, 0.1) is 5.56 Å². The number of aryl methyl sites for hydroxylation is 1. The summed E-state index contributed by atoms with van der Waals surface area (Å²) >= 11 is 0. The third kappa shape index (κ3) is 5.93. The van der Waals surface area contributed by atoms with E-state index >= 15 is 0 Å². The molecule has 1 aliphatic heterocycles. The first-order chi connectivity index (χ1) is 15.6. The van der Waals surface area contributed by atoms with Crippen LogP contribution in [0.2, 0.25) is 0 Å². The first-order valence-electron chi connectivity index (χ1n) is 10.2. The van der Waals surface area contributed by atoms with Crippen molar-refractivity contribution in [3.63, 3.8) is 0 Å². The van der Waals surface area contributed by atoms with Crippen LogP contribution in [0.4, 0.5) is 11.8 Å². The van der Waals surface area contributed by atoms with Gasteiger partial charge in [-0.25, -0.2) is 4.79 Å². The molecule has 0 aliphatic carbocycles. The number of carboxylic acids is 2. The quantitative estimate of drug-likeness (QED) is 0.302. The summed E-state index contributed by atoms with van der Waals surface area (Å²) in [6.07, 6.45) is 0.580. The van der Waals surface area contributed by atoms with Crippen molar-refractivity contribution in [3.05, 3.63) is 51.3 Å². The zero-order chi connectivity index (χ0) is 24.1. The van der Waals surface area contributed by atoms with E-state index < -0.39 is 29.8 Å². The van der Waals surface area contributed by atoms with E-state index in [1.54, 1.807) is 12.1 Å². The van der Waals surface area contributed by atoms with Crippen LogP contribution in [0.15, 0.2) is 29.1 Å². The number of nitrogens with two attached hydrogens (primary N) is 1. The van der Waals surface area contributed by atoms with Crippen molar-refractivity contribution in [2.75, 3.05) is 11.1 Å². The molecule has 0 bridgehead atoms. The van der Waals surface area contributed by atoms with Crippen LogP contribution in [-0.2, 0) is 27.2 Å². The number of carbonyl (C=O) groups excluding carboxylic acids is 2. The van der Waals surface area contributed by atoms with Crippen molar-refractivity contribution in [3.8, 4) is 0 Å². The largest absolute Gasteiger partial charge is 0.481 e. The van der Waals surface area contributed by atoms with Gasteiger partial charge in [0, 0.05) is 17.9 Å². The van der Waals surface area contributed by atoms with Crippen molar-refractivity contribution in [1.29, 1.82) is 0 Å². The Morgan fingerprint density at radius 3 is 2.52 bits per heavy atom. The molecule has 12 nitrogen and oxygen atoms in total. The molecule has 1 aliphatic rings. The smallest absolute Gasteiger partial charge is 0.326 e. The standard InChI is InChI=1S/C21H23N5O7/c22-21-25-16-13(19(31)26-21)9-12(18(30)24-16)6-3-10-1-4-11(5-2-10)17(29)23-14(20(32)33)7-8-15(27)28/h1-2,4-5,12,14H,3,6-9H2,(H,23,29)(H,27,28)(H,32,33)(H4,22,24,25,26,30,31)/t12?,14-/m0/s1. The van der Waals surface area contributed by atoms with Gasteiger partial charge in [-0.15, -0.1) is 0 Å². The van der Waals surface area contributed by atoms with Crippen LogP contribution in [0.1, 0.15) is 40.7 Å². The maximum atomic E-state index is 12.4. The minimum Gasteiger partial charge on any atom is -0.481 e. The molecule has 12 heteroatoms. The number of carboxylic acid groups (broad SMARTS) is 2. The highest BCUT2D eigenvalue weighted by atomic mass is 16.4. The second-order valence-corrected chi connectivity index (χ2v) is 7.70. The van der Waals surface area contributed by atoms with Gasteiger partial charge in [-0.05, 0) is 43.4 Å². The molecule has 2 amide bonds. The summed E-state index contributed by atoms with van der Waals surface area (Å²) in [6.45, 7) is 0. The summed E-state index contributed by atoms with van der Waals surface area (Å²) in [4.78, 5) is 65.0. The molecule has 1 aromatic carbocycles. The Morgan fingerprint density at radius 1 is 1.18 bits per heavy atom. The molecule has 7 N–H and O–H groups in total. The van der Waals surface area contributed by atoms with Gasteiger partial charge in [-0.1, -0.05) is 12.1 Å². The number of nitrogen functional groups attached to an aromatic ring is 1. The number of amides is 2. The van der Waals surface area contributed by atoms with Gasteiger partial charge in [0.1, 0.15) is 11.9 Å². The molecule has 1 aromatic heterocycles. The highest BCUT2D eigenvalue weighted by molar-refractivity contribution is 5.97. The topological polar surface area (TPSA) is 205 Å². The first kappa shape index (κ1) is 23.4. The molecule has 174 valence electrons. The average molecular weight is 457 g/mol. The summed E-state index contributed by atoms with van der Waals surface area (Å²) in [7, 11) is 0. The molecule has 0 saturated heterocycles. The molecule has 2 atom stereocenters. The minimum atomic E-state index is -1.31. The molecule has 0 fully saturated rings. The summed E-state index contributed by atoms with van der Waals surface area (Å²) in [5.41, 5.74) is 6.55. The van der Waals surface area contributed by atoms with Crippen LogP contribution in [0.25, 0.3) is 0 Å². The van der Waals surface area contributed by atoms with Gasteiger partial charge in [0.15, 0.2) is 0 Å². The Bertz CT molecular complexity index is 1140. The Balaban J connectivity index is 1.59. The second-order valence-electron chi connectivity index (χ2n) is 7.70. The Kier molecular flexibility index (Phi) is 7.06. The van der Waals surface area contributed by atoms with Gasteiger partial charge in [0.2, 0.25) is 11.9 Å². The molecule has 1 unspecified atom stereocenters. The van der Waals surface area contributed by atoms with Crippen molar-refractivity contribution in [2.45, 2.75) is 38.1 Å². The third-order valence-corrected chi connectivity index (χ3v) is 5.34. The number of aromatic nitrogens is 2. The average Bonchev–Trinajstić information content (AvgIpc) is 2.75. The third-order valence-electron chi connectivity index (χ3n) is 5.34. The normalized spacial score (nSPS) is 15.8. The Labute approximate surface area is 187 Å². The summed E-state index contributed by atoms with van der Waals surface area (Å²) in [5.74, 6) is -3.68. The first-order valence-corrected chi connectivity index (χ1v) is 10.2. The number of rotatable bonds is 9. The number of aliphatic carboxylic acids is 2. The zero-order valence-corrected chi connectivity index (χ0v) is 17.5. The summed E-state index contributed by atoms with van der Waals surface area (Å²) < 4.78 is 0. The number of anilines is 2. The molecular formula is C21H23N5O7. The summed E-state index contributed by atoms with van der Waals surface area (Å²) in [6, 6.07) is 5.11. The predicted molar refractivity (Wildman–Crippen MR) is 116 cm³/mol. The fraction of sp³-hybridized carbons (Fsp3) is 0.333. The van der Waals surface area contributed by atoms with Gasteiger partial charge in [0.25, 0.3) is 11.5 Å². The molecule has 0 radical (unpaired) electrons. The van der Waals surface area contributed by atoms with Crippen LogP contribution in [0.5, 0.6) is 0 Å². The lowest BCUT2D eigenvalue weighted by atomic mass is 9.90. The van der Waals surface area contributed by atoms with Crippen molar-refractivity contribution >= 4 is 35.5 Å². The van der Waals surface area contributed by atoms with Gasteiger partial charge in [-0.2, -0.15) is 4.98 Å². The van der Waals surface area contributed by atoms with Crippen molar-refractivity contribution in [1.82, 2.24) is 15.3 Å². The fourth-order valence-corrected chi connectivity index (χ4v) is 3.53. The molecule has 2 aromatic rings. The van der Waals surface area contributed by atoms with Crippen molar-refractivity contribution in [2.24, 2.45) is 5.92 Å². The van der Waals surface area contributed by atoms with Crippen LogP contribution < -0.4 is 21.9 Å². The molecule has 0 spiro atoms. The number of benzene rings is 1. The monoisotopic (exact) mass is 457 g/mol. The molecule has 3 rings (SSSR count). The molecule has 33 heavy (non-hydrogen) atoms. The van der Waals surface area contributed by atoms with E-state index in [0.29, 0.717) is 18.4 Å². The second kappa shape index (κ2) is 9.94. The molecule has 0 saturated carbocycles. The fourth-order valence-electron chi connectivity index (χ4n) is 3.53. The number of fused-ring (bicyclic) bond motifs is 1. The SMILES string of the molecule is Nc1nc2c(c(=O)[nH]1)CC(CCc1ccc(C(=O)N[C@@H](CCC(=O)O)C(=O)O)cc1)C(=O)N2. The van der Waals surface area contributed by atoms with E-state index in [9.17, 15) is 24.0 Å². The number of carbonyl (C=O) groups is 4. The number of H-pyrrole nitrogens is 1. The van der Waals surface area contributed by atoms with Crippen LogP contribution in [0.3, 0.4) is 0 Å². The van der Waals surface area contributed by atoms with Crippen LogP contribution >= 0.6 is 0 Å². The number of hydrogen-bond acceptors (Lipinski definition) is 7. The van der Waals surface area contributed by atoms with E-state index in [4.69, 9.17) is 15.9 Å². The Morgan fingerprint density at radius 2 is 1.88 bits per heavy atom. The molecule has 2 heterocycles. The van der Waals surface area contributed by atoms with Crippen LogP contribution in [0, 0.1) is 5.92 Å². The van der Waals surface area contributed by atoms with E-state index in [1.807, 2.05) is 0 Å². The Hall–Kier alpha value is -4.22. The highest BCUT2D eigenvalue weighted by Gasteiger charge is 2.29. The number of nitrogens with zero attached hydrogens (tertiary/aromatic N) is 1. The van der Waals surface area contributed by atoms with Gasteiger partial charge < -0.3 is 26.6 Å². The lowest BCUT2D eigenvalue weighted by molar-refractivity contribution is -0.140. The van der Waals surface area contributed by atoms with Gasteiger partial charge in [-0.3, -0.25) is 24.2 Å². The number of aromatic amines is 1. The molecular weight excluding hydrogens is 434 g/mol. The van der Waals surface area contributed by atoms with E-state index in [-0.39, 0.29) is 48.1 Å². The lowest BCUT2D eigenvalue weighted by Crippen LogP contribution is -2.41. The highest BCUT2D eigenvalue weighted by Crippen LogP contribution is 2.24. The maximum Gasteiger partial charge on any atom is 0.326 e. The number of nitrogens with one attached hydrogen (secondary N) is 3. The van der Waals surface area contributed by atoms with Crippen molar-refractivity contribution < 1.29 is 29.4 Å². The maximum absolute atomic E-state index is 12.4. The zero-order valence-electron chi connectivity index (χ0n) is 17.5. The van der Waals surface area contributed by atoms with E-state index in [0.717, 1.165) is 5.56 Å². The van der Waals surface area contributed by atoms with Gasteiger partial charge >= 0.3 is 11.9 Å². The lowest BCUT2D eigenvalue weighted by Gasteiger charge is -2.23. The van der Waals surface area contributed by atoms with Crippen LogP contribution in [-0.4, -0.2) is 50.0 Å².